The Labute approximate surface area is 104 Å². The Balaban J connectivity index is 2.41. The molecule has 1 rings (SSSR count). The van der Waals surface area contributed by atoms with Gasteiger partial charge >= 0.3 is 0 Å². The molecular weight excluding hydrogens is 216 g/mol. The highest BCUT2D eigenvalue weighted by molar-refractivity contribution is 5.77. The number of amides is 1. The van der Waals surface area contributed by atoms with Crippen molar-refractivity contribution < 1.29 is 9.53 Å². The van der Waals surface area contributed by atoms with E-state index in [1.807, 2.05) is 20.8 Å². The Morgan fingerprint density at radius 2 is 2.18 bits per heavy atom. The molecule has 0 radical (unpaired) electrons. The van der Waals surface area contributed by atoms with E-state index in [9.17, 15) is 4.79 Å². The van der Waals surface area contributed by atoms with Crippen molar-refractivity contribution >= 4 is 5.91 Å². The summed E-state index contributed by atoms with van der Waals surface area (Å²) in [5.74, 6) is 0.578. The number of carbonyl (C=O) groups is 1. The number of rotatable bonds is 4. The van der Waals surface area contributed by atoms with Gasteiger partial charge in [0.1, 0.15) is 6.61 Å². The van der Waals surface area contributed by atoms with Crippen molar-refractivity contribution in [1.82, 2.24) is 5.32 Å². The highest BCUT2D eigenvalue weighted by atomic mass is 16.5. The van der Waals surface area contributed by atoms with Crippen molar-refractivity contribution in [2.75, 3.05) is 13.2 Å². The van der Waals surface area contributed by atoms with Crippen LogP contribution in [0, 0.1) is 5.92 Å². The van der Waals surface area contributed by atoms with Gasteiger partial charge in [0, 0.05) is 12.1 Å². The molecule has 0 spiro atoms. The fraction of sp³-hybridized carbons (Fsp3) is 0.923. The number of hydrogen-bond donors (Lipinski definition) is 2. The second kappa shape index (κ2) is 5.36. The van der Waals surface area contributed by atoms with E-state index in [1.165, 1.54) is 0 Å². The molecule has 0 aromatic rings. The molecule has 3 N–H and O–H groups in total. The molecule has 2 atom stereocenters. The lowest BCUT2D eigenvalue weighted by molar-refractivity contribution is -0.134. The highest BCUT2D eigenvalue weighted by Gasteiger charge is 2.37. The summed E-state index contributed by atoms with van der Waals surface area (Å²) in [6, 6.07) is 0. The van der Waals surface area contributed by atoms with Crippen molar-refractivity contribution in [2.45, 2.75) is 58.1 Å². The maximum Gasteiger partial charge on any atom is 0.246 e. The van der Waals surface area contributed by atoms with Gasteiger partial charge in [-0.05, 0) is 46.0 Å². The second-order valence-electron chi connectivity index (χ2n) is 6.32. The van der Waals surface area contributed by atoms with E-state index in [1.54, 1.807) is 0 Å². The van der Waals surface area contributed by atoms with E-state index in [2.05, 4.69) is 12.2 Å². The van der Waals surface area contributed by atoms with Gasteiger partial charge in [-0.1, -0.05) is 6.92 Å². The molecule has 0 aliphatic heterocycles. The van der Waals surface area contributed by atoms with Crippen LogP contribution in [0.2, 0.25) is 0 Å². The predicted octanol–water partition coefficient (Wildman–Crippen LogP) is 1.44. The summed E-state index contributed by atoms with van der Waals surface area (Å²) < 4.78 is 5.78. The van der Waals surface area contributed by atoms with Gasteiger partial charge in [-0.25, -0.2) is 0 Å². The lowest BCUT2D eigenvalue weighted by Gasteiger charge is -2.29. The van der Waals surface area contributed by atoms with E-state index in [0.717, 1.165) is 19.3 Å². The molecule has 1 fully saturated rings. The molecule has 1 aliphatic rings. The number of nitrogens with one attached hydrogen (secondary N) is 1. The molecule has 1 saturated carbocycles. The SMILES string of the molecule is CC1CCC(CN)(OCC(=O)NC(C)(C)C)C1. The molecule has 0 heterocycles. The first-order valence-electron chi connectivity index (χ1n) is 6.41. The Hall–Kier alpha value is -0.610. The number of carbonyl (C=O) groups excluding carboxylic acids is 1. The molecule has 0 aromatic heterocycles. The Morgan fingerprint density at radius 3 is 2.59 bits per heavy atom. The first kappa shape index (κ1) is 14.5. The van der Waals surface area contributed by atoms with Gasteiger partial charge in [0.15, 0.2) is 0 Å². The minimum absolute atomic E-state index is 0.0649. The quantitative estimate of drug-likeness (QED) is 0.784. The molecule has 100 valence electrons. The van der Waals surface area contributed by atoms with Gasteiger partial charge in [-0.3, -0.25) is 4.79 Å². The van der Waals surface area contributed by atoms with Gasteiger partial charge < -0.3 is 15.8 Å². The zero-order valence-electron chi connectivity index (χ0n) is 11.5. The lowest BCUT2D eigenvalue weighted by atomic mass is 10.0. The van der Waals surface area contributed by atoms with Crippen LogP contribution in [-0.4, -0.2) is 30.2 Å². The normalized spacial score (nSPS) is 29.4. The molecule has 4 nitrogen and oxygen atoms in total. The van der Waals surface area contributed by atoms with Crippen LogP contribution in [0.15, 0.2) is 0 Å². The Kier molecular flexibility index (Phi) is 4.55. The van der Waals surface area contributed by atoms with E-state index < -0.39 is 0 Å². The number of hydrogen-bond acceptors (Lipinski definition) is 3. The van der Waals surface area contributed by atoms with Crippen LogP contribution in [0.1, 0.15) is 47.0 Å². The van der Waals surface area contributed by atoms with Gasteiger partial charge in [0.25, 0.3) is 0 Å². The highest BCUT2D eigenvalue weighted by Crippen LogP contribution is 2.36. The molecule has 4 heteroatoms. The third-order valence-corrected chi connectivity index (χ3v) is 3.21. The van der Waals surface area contributed by atoms with E-state index >= 15 is 0 Å². The van der Waals surface area contributed by atoms with Gasteiger partial charge in [0.05, 0.1) is 5.60 Å². The van der Waals surface area contributed by atoms with E-state index in [0.29, 0.717) is 12.5 Å². The third kappa shape index (κ3) is 4.64. The zero-order valence-corrected chi connectivity index (χ0v) is 11.5. The fourth-order valence-electron chi connectivity index (χ4n) is 2.40. The summed E-state index contributed by atoms with van der Waals surface area (Å²) in [7, 11) is 0. The first-order chi connectivity index (χ1) is 7.76. The molecule has 1 amide bonds. The van der Waals surface area contributed by atoms with Crippen LogP contribution in [0.3, 0.4) is 0 Å². The first-order valence-corrected chi connectivity index (χ1v) is 6.41. The minimum atomic E-state index is -0.269. The summed E-state index contributed by atoms with van der Waals surface area (Å²) in [6.45, 7) is 8.70. The molecule has 2 unspecified atom stereocenters. The fourth-order valence-corrected chi connectivity index (χ4v) is 2.40. The third-order valence-electron chi connectivity index (χ3n) is 3.21. The standard InChI is InChI=1S/C13H26N2O2/c1-10-5-6-13(7-10,9-14)17-8-11(16)15-12(2,3)4/h10H,5-9,14H2,1-4H3,(H,15,16). The van der Waals surface area contributed by atoms with Crippen molar-refractivity contribution in [3.63, 3.8) is 0 Å². The Morgan fingerprint density at radius 1 is 1.53 bits per heavy atom. The van der Waals surface area contributed by atoms with Crippen LogP contribution in [0.4, 0.5) is 0 Å². The Bertz CT molecular complexity index is 273. The summed E-state index contributed by atoms with van der Waals surface area (Å²) in [4.78, 5) is 11.7. The second-order valence-corrected chi connectivity index (χ2v) is 6.32. The maximum atomic E-state index is 11.7. The van der Waals surface area contributed by atoms with E-state index in [-0.39, 0.29) is 23.7 Å². The molecule has 1 aliphatic carbocycles. The van der Waals surface area contributed by atoms with Gasteiger partial charge in [-0.15, -0.1) is 0 Å². The predicted molar refractivity (Wildman–Crippen MR) is 68.6 cm³/mol. The van der Waals surface area contributed by atoms with Crippen molar-refractivity contribution in [3.05, 3.63) is 0 Å². The molecule has 0 saturated heterocycles. The van der Waals surface area contributed by atoms with Crippen LogP contribution in [-0.2, 0) is 9.53 Å². The summed E-state index contributed by atoms with van der Waals surface area (Å²) in [6.07, 6.45) is 3.07. The minimum Gasteiger partial charge on any atom is -0.364 e. The van der Waals surface area contributed by atoms with Gasteiger partial charge in [-0.2, -0.15) is 0 Å². The van der Waals surface area contributed by atoms with Crippen molar-refractivity contribution in [1.29, 1.82) is 0 Å². The lowest BCUT2D eigenvalue weighted by Crippen LogP contribution is -2.46. The largest absolute Gasteiger partial charge is 0.364 e. The van der Waals surface area contributed by atoms with E-state index in [4.69, 9.17) is 10.5 Å². The summed E-state index contributed by atoms with van der Waals surface area (Å²) in [5.41, 5.74) is 5.31. The molecular formula is C13H26N2O2. The average molecular weight is 242 g/mol. The van der Waals surface area contributed by atoms with Gasteiger partial charge in [0.2, 0.25) is 5.91 Å². The van der Waals surface area contributed by atoms with Crippen LogP contribution < -0.4 is 11.1 Å². The maximum absolute atomic E-state index is 11.7. The van der Waals surface area contributed by atoms with Crippen LogP contribution in [0.5, 0.6) is 0 Å². The number of nitrogens with two attached hydrogens (primary N) is 1. The number of ether oxygens (including phenoxy) is 1. The van der Waals surface area contributed by atoms with Crippen molar-refractivity contribution in [3.8, 4) is 0 Å². The smallest absolute Gasteiger partial charge is 0.246 e. The average Bonchev–Trinajstić information content (AvgIpc) is 2.56. The zero-order chi connectivity index (χ0) is 13.1. The van der Waals surface area contributed by atoms with Crippen LogP contribution >= 0.6 is 0 Å². The molecule has 0 aromatic carbocycles. The van der Waals surface area contributed by atoms with Crippen LogP contribution in [0.25, 0.3) is 0 Å². The topological polar surface area (TPSA) is 64.3 Å². The summed E-state index contributed by atoms with van der Waals surface area (Å²) in [5, 5.41) is 2.89. The van der Waals surface area contributed by atoms with Crippen molar-refractivity contribution in [2.24, 2.45) is 11.7 Å². The molecule has 17 heavy (non-hydrogen) atoms. The monoisotopic (exact) mass is 242 g/mol. The summed E-state index contributed by atoms with van der Waals surface area (Å²) >= 11 is 0. The molecule has 0 bridgehead atoms.